The van der Waals surface area contributed by atoms with Crippen LogP contribution in [0.4, 0.5) is 10.1 Å². The molecule has 0 unspecified atom stereocenters. The summed E-state index contributed by atoms with van der Waals surface area (Å²) >= 11 is 0. The predicted octanol–water partition coefficient (Wildman–Crippen LogP) is 2.02. The van der Waals surface area contributed by atoms with Crippen LogP contribution >= 0.6 is 0 Å². The lowest BCUT2D eigenvalue weighted by molar-refractivity contribution is -0.118. The molecule has 0 saturated carbocycles. The number of aromatic nitrogens is 2. The number of rotatable bonds is 4. The number of nitrogens with one attached hydrogen (secondary N) is 2. The molecular weight excluding hydrogens is 301 g/mol. The molecule has 0 radical (unpaired) electrons. The fourth-order valence-electron chi connectivity index (χ4n) is 2.22. The van der Waals surface area contributed by atoms with E-state index in [1.165, 1.54) is 22.8 Å². The van der Waals surface area contributed by atoms with E-state index in [1.54, 1.807) is 31.3 Å². The zero-order chi connectivity index (χ0) is 16.4. The summed E-state index contributed by atoms with van der Waals surface area (Å²) in [7, 11) is 1.65. The molecule has 0 aliphatic rings. The quantitative estimate of drug-likeness (QED) is 0.773. The number of hydrogen-bond acceptors (Lipinski definition) is 3. The maximum Gasteiger partial charge on any atom is 0.326 e. The van der Waals surface area contributed by atoms with Crippen LogP contribution in [-0.4, -0.2) is 22.1 Å². The first kappa shape index (κ1) is 14.8. The normalized spacial score (nSPS) is 10.7. The number of halogens is 1. The van der Waals surface area contributed by atoms with Gasteiger partial charge >= 0.3 is 5.69 Å². The molecule has 1 amide bonds. The summed E-state index contributed by atoms with van der Waals surface area (Å²) in [6.07, 6.45) is 0. The van der Waals surface area contributed by atoms with Crippen LogP contribution in [0.25, 0.3) is 11.0 Å². The molecule has 0 spiro atoms. The Bertz CT molecular complexity index is 930. The molecule has 1 heterocycles. The highest BCUT2D eigenvalue weighted by Gasteiger charge is 2.08. The number of imidazole rings is 1. The van der Waals surface area contributed by atoms with E-state index in [0.29, 0.717) is 11.2 Å². The number of H-pyrrole nitrogens is 1. The molecule has 0 atom stereocenters. The van der Waals surface area contributed by atoms with Gasteiger partial charge in [-0.25, -0.2) is 9.18 Å². The van der Waals surface area contributed by atoms with Gasteiger partial charge in [-0.05, 0) is 30.3 Å². The van der Waals surface area contributed by atoms with Gasteiger partial charge in [-0.15, -0.1) is 0 Å². The van der Waals surface area contributed by atoms with E-state index >= 15 is 0 Å². The van der Waals surface area contributed by atoms with Crippen molar-refractivity contribution in [3.8, 4) is 5.75 Å². The smallest absolute Gasteiger partial charge is 0.326 e. The number of benzene rings is 2. The Morgan fingerprint density at radius 1 is 1.30 bits per heavy atom. The molecule has 118 valence electrons. The molecule has 6 nitrogen and oxygen atoms in total. The number of anilines is 1. The van der Waals surface area contributed by atoms with Crippen molar-refractivity contribution in [1.82, 2.24) is 9.55 Å². The van der Waals surface area contributed by atoms with E-state index in [4.69, 9.17) is 4.74 Å². The Morgan fingerprint density at radius 2 is 2.09 bits per heavy atom. The third-order valence-corrected chi connectivity index (χ3v) is 3.38. The van der Waals surface area contributed by atoms with Crippen molar-refractivity contribution in [3.63, 3.8) is 0 Å². The highest BCUT2D eigenvalue weighted by atomic mass is 19.1. The molecule has 0 bridgehead atoms. The van der Waals surface area contributed by atoms with Crippen LogP contribution in [0.3, 0.4) is 0 Å². The van der Waals surface area contributed by atoms with Gasteiger partial charge in [0.15, 0.2) is 18.2 Å². The zero-order valence-electron chi connectivity index (χ0n) is 12.3. The molecule has 0 aliphatic heterocycles. The SMILES string of the molecule is Cn1c(=O)[nH]c2cc(NC(=O)COc3ccccc3F)ccc21. The second kappa shape index (κ2) is 5.96. The van der Waals surface area contributed by atoms with E-state index in [9.17, 15) is 14.0 Å². The van der Waals surface area contributed by atoms with Gasteiger partial charge in [-0.2, -0.15) is 0 Å². The molecule has 0 aliphatic carbocycles. The minimum Gasteiger partial charge on any atom is -0.481 e. The molecule has 1 aromatic heterocycles. The Morgan fingerprint density at radius 3 is 2.87 bits per heavy atom. The van der Waals surface area contributed by atoms with Crippen LogP contribution in [0.5, 0.6) is 5.75 Å². The summed E-state index contributed by atoms with van der Waals surface area (Å²) in [5, 5.41) is 2.63. The number of carbonyl (C=O) groups excluding carboxylic acids is 1. The molecule has 3 rings (SSSR count). The lowest BCUT2D eigenvalue weighted by atomic mass is 10.2. The summed E-state index contributed by atoms with van der Waals surface area (Å²) in [5.41, 5.74) is 1.63. The van der Waals surface area contributed by atoms with E-state index in [-0.39, 0.29) is 18.0 Å². The molecule has 0 fully saturated rings. The first-order valence-corrected chi connectivity index (χ1v) is 6.90. The van der Waals surface area contributed by atoms with Gasteiger partial charge < -0.3 is 15.0 Å². The first-order valence-electron chi connectivity index (χ1n) is 6.90. The van der Waals surface area contributed by atoms with Gasteiger partial charge in [0.2, 0.25) is 0 Å². The van der Waals surface area contributed by atoms with Gasteiger partial charge in [-0.1, -0.05) is 12.1 Å². The largest absolute Gasteiger partial charge is 0.481 e. The lowest BCUT2D eigenvalue weighted by Crippen LogP contribution is -2.20. The van der Waals surface area contributed by atoms with Crippen LogP contribution in [0.2, 0.25) is 0 Å². The Hall–Kier alpha value is -3.09. The molecule has 3 aromatic rings. The van der Waals surface area contributed by atoms with Crippen molar-refractivity contribution in [2.24, 2.45) is 7.05 Å². The van der Waals surface area contributed by atoms with Gasteiger partial charge in [-0.3, -0.25) is 9.36 Å². The highest BCUT2D eigenvalue weighted by molar-refractivity contribution is 5.94. The second-order valence-electron chi connectivity index (χ2n) is 4.99. The summed E-state index contributed by atoms with van der Waals surface area (Å²) in [4.78, 5) is 26.1. The van der Waals surface area contributed by atoms with Gasteiger partial charge in [0, 0.05) is 12.7 Å². The van der Waals surface area contributed by atoms with Crippen molar-refractivity contribution in [2.45, 2.75) is 0 Å². The number of fused-ring (bicyclic) bond motifs is 1. The Balaban J connectivity index is 1.68. The Labute approximate surface area is 130 Å². The number of carbonyl (C=O) groups is 1. The van der Waals surface area contributed by atoms with Crippen LogP contribution in [0.1, 0.15) is 0 Å². The number of ether oxygens (including phenoxy) is 1. The van der Waals surface area contributed by atoms with Crippen LogP contribution < -0.4 is 15.7 Å². The van der Waals surface area contributed by atoms with E-state index in [0.717, 1.165) is 5.52 Å². The van der Waals surface area contributed by atoms with Crippen LogP contribution in [-0.2, 0) is 11.8 Å². The van der Waals surface area contributed by atoms with Crippen molar-refractivity contribution < 1.29 is 13.9 Å². The van der Waals surface area contributed by atoms with Gasteiger partial charge in [0.1, 0.15) is 0 Å². The summed E-state index contributed by atoms with van der Waals surface area (Å²) in [5.74, 6) is -0.931. The number of amides is 1. The van der Waals surface area contributed by atoms with Crippen molar-refractivity contribution in [2.75, 3.05) is 11.9 Å². The molecule has 0 saturated heterocycles. The van der Waals surface area contributed by atoms with Gasteiger partial charge in [0.05, 0.1) is 11.0 Å². The maximum atomic E-state index is 13.4. The average molecular weight is 315 g/mol. The third kappa shape index (κ3) is 3.08. The predicted molar refractivity (Wildman–Crippen MR) is 84.1 cm³/mol. The summed E-state index contributed by atoms with van der Waals surface area (Å²) < 4.78 is 20.0. The van der Waals surface area contributed by atoms with Crippen molar-refractivity contribution in [3.05, 3.63) is 58.8 Å². The molecular formula is C16H14FN3O3. The number of para-hydroxylation sites is 1. The molecule has 7 heteroatoms. The second-order valence-corrected chi connectivity index (χ2v) is 4.99. The number of aromatic amines is 1. The van der Waals surface area contributed by atoms with Crippen LogP contribution in [0.15, 0.2) is 47.3 Å². The van der Waals surface area contributed by atoms with E-state index in [1.807, 2.05) is 0 Å². The number of nitrogens with zero attached hydrogens (tertiary/aromatic N) is 1. The zero-order valence-corrected chi connectivity index (χ0v) is 12.3. The number of hydrogen-bond donors (Lipinski definition) is 2. The average Bonchev–Trinajstić information content (AvgIpc) is 2.81. The number of aryl methyl sites for hydroxylation is 1. The fraction of sp³-hybridized carbons (Fsp3) is 0.125. The third-order valence-electron chi connectivity index (χ3n) is 3.38. The van der Waals surface area contributed by atoms with Crippen molar-refractivity contribution in [1.29, 1.82) is 0 Å². The minimum atomic E-state index is -0.524. The van der Waals surface area contributed by atoms with Crippen molar-refractivity contribution >= 4 is 22.6 Å². The summed E-state index contributed by atoms with van der Waals surface area (Å²) in [6, 6.07) is 10.9. The van der Waals surface area contributed by atoms with E-state index in [2.05, 4.69) is 10.3 Å². The lowest BCUT2D eigenvalue weighted by Gasteiger charge is -2.08. The topological polar surface area (TPSA) is 76.1 Å². The molecule has 23 heavy (non-hydrogen) atoms. The maximum absolute atomic E-state index is 13.4. The highest BCUT2D eigenvalue weighted by Crippen LogP contribution is 2.17. The standard InChI is InChI=1S/C16H14FN3O3/c1-20-13-7-6-10(8-12(13)19-16(20)22)18-15(21)9-23-14-5-3-2-4-11(14)17/h2-8H,9H2,1H3,(H,18,21)(H,19,22). The van der Waals surface area contributed by atoms with Crippen LogP contribution in [0, 0.1) is 5.82 Å². The fourth-order valence-corrected chi connectivity index (χ4v) is 2.22. The first-order chi connectivity index (χ1) is 11.0. The monoisotopic (exact) mass is 315 g/mol. The minimum absolute atomic E-state index is 0.0190. The molecule has 2 aromatic carbocycles. The Kier molecular flexibility index (Phi) is 3.84. The summed E-state index contributed by atoms with van der Waals surface area (Å²) in [6.45, 7) is -0.315. The van der Waals surface area contributed by atoms with Gasteiger partial charge in [0.25, 0.3) is 5.91 Å². The molecule has 2 N–H and O–H groups in total. The van der Waals surface area contributed by atoms with E-state index < -0.39 is 11.7 Å².